The predicted octanol–water partition coefficient (Wildman–Crippen LogP) is 1.73. The molecule has 1 unspecified atom stereocenters. The van der Waals surface area contributed by atoms with Crippen LogP contribution in [0.1, 0.15) is 51.9 Å². The Balaban J connectivity index is 1.43. The van der Waals surface area contributed by atoms with Crippen molar-refractivity contribution >= 4 is 29.0 Å². The highest BCUT2D eigenvalue weighted by molar-refractivity contribution is 6.09. The molecule has 3 aromatic heterocycles. The molecule has 12 heteroatoms. The van der Waals surface area contributed by atoms with E-state index in [0.29, 0.717) is 37.1 Å². The maximum absolute atomic E-state index is 13.4. The van der Waals surface area contributed by atoms with E-state index in [-0.39, 0.29) is 29.0 Å². The zero-order valence-corrected chi connectivity index (χ0v) is 18.7. The molecule has 4 heterocycles. The number of rotatable bonds is 8. The largest absolute Gasteiger partial charge is 0.381 e. The van der Waals surface area contributed by atoms with E-state index in [4.69, 9.17) is 4.74 Å². The first kappa shape index (κ1) is 21.9. The van der Waals surface area contributed by atoms with E-state index in [2.05, 4.69) is 41.0 Å². The van der Waals surface area contributed by atoms with Crippen LogP contribution >= 0.6 is 0 Å². The lowest BCUT2D eigenvalue weighted by molar-refractivity contribution is 0.0951. The summed E-state index contributed by atoms with van der Waals surface area (Å²) < 4.78 is 7.05. The Bertz CT molecular complexity index is 1190. The van der Waals surface area contributed by atoms with E-state index in [1.54, 1.807) is 30.3 Å². The van der Waals surface area contributed by atoms with Crippen LogP contribution in [-0.4, -0.2) is 61.8 Å². The van der Waals surface area contributed by atoms with E-state index in [1.165, 1.54) is 12.5 Å². The van der Waals surface area contributed by atoms with Crippen LogP contribution in [-0.2, 0) is 11.3 Å². The van der Waals surface area contributed by atoms with Crippen LogP contribution in [0.2, 0.25) is 0 Å². The molecule has 176 valence electrons. The minimum atomic E-state index is -0.497. The fraction of sp³-hybridized carbons (Fsp3) is 0.409. The normalized spacial score (nSPS) is 17.4. The quantitative estimate of drug-likeness (QED) is 0.454. The summed E-state index contributed by atoms with van der Waals surface area (Å²) in [6, 6.07) is 0. The van der Waals surface area contributed by atoms with Crippen LogP contribution in [0, 0.1) is 5.92 Å². The number of anilines is 3. The van der Waals surface area contributed by atoms with E-state index >= 15 is 0 Å². The van der Waals surface area contributed by atoms with E-state index in [1.807, 2.05) is 0 Å². The van der Waals surface area contributed by atoms with Crippen molar-refractivity contribution in [2.45, 2.75) is 31.7 Å². The van der Waals surface area contributed by atoms with Gasteiger partial charge in [-0.25, -0.2) is 19.9 Å². The van der Waals surface area contributed by atoms with Gasteiger partial charge in [-0.05, 0) is 19.3 Å². The van der Waals surface area contributed by atoms with Gasteiger partial charge in [0.2, 0.25) is 0 Å². The van der Waals surface area contributed by atoms with Gasteiger partial charge in [-0.2, -0.15) is 5.10 Å². The van der Waals surface area contributed by atoms with Crippen molar-refractivity contribution in [1.29, 1.82) is 0 Å². The van der Waals surface area contributed by atoms with Crippen molar-refractivity contribution in [2.24, 2.45) is 5.92 Å². The predicted molar refractivity (Wildman–Crippen MR) is 122 cm³/mol. The summed E-state index contributed by atoms with van der Waals surface area (Å²) in [5, 5.41) is 12.9. The highest BCUT2D eigenvalue weighted by atomic mass is 16.5. The maximum atomic E-state index is 13.4. The number of carbonyl (C=O) groups is 2. The summed E-state index contributed by atoms with van der Waals surface area (Å²) in [5.41, 5.74) is 2.04. The molecule has 2 fully saturated rings. The van der Waals surface area contributed by atoms with Crippen LogP contribution in [0.4, 0.5) is 17.2 Å². The Morgan fingerprint density at radius 3 is 2.65 bits per heavy atom. The zero-order chi connectivity index (χ0) is 23.5. The summed E-state index contributed by atoms with van der Waals surface area (Å²) in [4.78, 5) is 43.0. The second-order valence-electron chi connectivity index (χ2n) is 8.37. The molecule has 0 aromatic carbocycles. The molecular formula is C22H25N9O3. The molecule has 1 saturated carbocycles. The average molecular weight is 464 g/mol. The molecule has 1 atom stereocenters. The molecule has 0 bridgehead atoms. The van der Waals surface area contributed by atoms with Crippen LogP contribution < -0.4 is 16.0 Å². The van der Waals surface area contributed by atoms with Gasteiger partial charge in [0.05, 0.1) is 48.5 Å². The van der Waals surface area contributed by atoms with Gasteiger partial charge in [-0.1, -0.05) is 0 Å². The summed E-state index contributed by atoms with van der Waals surface area (Å²) >= 11 is 0. The fourth-order valence-corrected chi connectivity index (χ4v) is 3.86. The summed E-state index contributed by atoms with van der Waals surface area (Å²) in [6.45, 7) is 1.84. The second-order valence-corrected chi connectivity index (χ2v) is 8.37. The molecule has 34 heavy (non-hydrogen) atoms. The molecule has 3 aromatic rings. The van der Waals surface area contributed by atoms with Gasteiger partial charge in [0.1, 0.15) is 12.0 Å². The number of nitrogens with zero attached hydrogens (tertiary/aromatic N) is 6. The van der Waals surface area contributed by atoms with Gasteiger partial charge in [0, 0.05) is 32.0 Å². The van der Waals surface area contributed by atoms with Crippen molar-refractivity contribution in [3.05, 3.63) is 48.2 Å². The third-order valence-electron chi connectivity index (χ3n) is 5.81. The van der Waals surface area contributed by atoms with Crippen LogP contribution in [0.3, 0.4) is 0 Å². The molecular weight excluding hydrogens is 438 g/mol. The minimum absolute atomic E-state index is 0.119. The van der Waals surface area contributed by atoms with Gasteiger partial charge in [-0.3, -0.25) is 14.3 Å². The molecule has 2 amide bonds. The first-order valence-corrected chi connectivity index (χ1v) is 11.2. The Kier molecular flexibility index (Phi) is 6.12. The van der Waals surface area contributed by atoms with E-state index in [0.717, 1.165) is 25.0 Å². The number of carbonyl (C=O) groups excluding carboxylic acids is 2. The topological polar surface area (TPSA) is 149 Å². The molecule has 1 aliphatic heterocycles. The number of aromatic nitrogens is 6. The highest BCUT2D eigenvalue weighted by Gasteiger charge is 2.29. The first-order valence-electron chi connectivity index (χ1n) is 11.2. The Labute approximate surface area is 195 Å². The lowest BCUT2D eigenvalue weighted by Gasteiger charge is -2.13. The fourth-order valence-electron chi connectivity index (χ4n) is 3.86. The first-order chi connectivity index (χ1) is 16.6. The van der Waals surface area contributed by atoms with Crippen LogP contribution in [0.15, 0.2) is 31.1 Å². The molecule has 2 aliphatic rings. The Morgan fingerprint density at radius 2 is 1.94 bits per heavy atom. The van der Waals surface area contributed by atoms with Gasteiger partial charge in [-0.15, -0.1) is 0 Å². The molecule has 1 saturated heterocycles. The third-order valence-corrected chi connectivity index (χ3v) is 5.81. The Morgan fingerprint density at radius 1 is 1.12 bits per heavy atom. The maximum Gasteiger partial charge on any atom is 0.278 e. The Hall–Kier alpha value is -3.93. The molecule has 5 rings (SSSR count). The minimum Gasteiger partial charge on any atom is -0.381 e. The smallest absolute Gasteiger partial charge is 0.278 e. The molecule has 1 aliphatic carbocycles. The number of hydrogen-bond donors (Lipinski definition) is 3. The molecule has 3 N–H and O–H groups in total. The molecule has 0 spiro atoms. The third kappa shape index (κ3) is 4.71. The standard InChI is InChI=1S/C22H25N9O3/c1-23-22(33)19-17(9-27-31(19)10-13-4-5-34-11-13)30-21(32)18-20(28-15-6-24-12-25-7-15)26-8-16(29-18)14-2-3-14/h6-9,12-14H,2-5,10-11H2,1H3,(H,23,33)(H,26,28)(H,30,32). The summed E-state index contributed by atoms with van der Waals surface area (Å²) in [7, 11) is 1.54. The lowest BCUT2D eigenvalue weighted by Crippen LogP contribution is -2.26. The van der Waals surface area contributed by atoms with Crippen molar-refractivity contribution < 1.29 is 14.3 Å². The van der Waals surface area contributed by atoms with E-state index < -0.39 is 5.91 Å². The van der Waals surface area contributed by atoms with Gasteiger partial charge in [0.15, 0.2) is 11.5 Å². The van der Waals surface area contributed by atoms with Crippen LogP contribution in [0.5, 0.6) is 0 Å². The lowest BCUT2D eigenvalue weighted by atomic mass is 10.1. The second kappa shape index (κ2) is 9.51. The number of ether oxygens (including phenoxy) is 1. The van der Waals surface area contributed by atoms with Crippen molar-refractivity contribution in [1.82, 2.24) is 35.0 Å². The monoisotopic (exact) mass is 463 g/mol. The van der Waals surface area contributed by atoms with Gasteiger partial charge in [0.25, 0.3) is 11.8 Å². The zero-order valence-electron chi connectivity index (χ0n) is 18.7. The van der Waals surface area contributed by atoms with Gasteiger partial charge < -0.3 is 20.7 Å². The molecule has 12 nitrogen and oxygen atoms in total. The van der Waals surface area contributed by atoms with Crippen molar-refractivity contribution in [3.63, 3.8) is 0 Å². The van der Waals surface area contributed by atoms with Crippen molar-refractivity contribution in [3.8, 4) is 0 Å². The average Bonchev–Trinajstić information content (AvgIpc) is 3.45. The van der Waals surface area contributed by atoms with Crippen LogP contribution in [0.25, 0.3) is 0 Å². The summed E-state index contributed by atoms with van der Waals surface area (Å²) in [6.07, 6.45) is 10.7. The van der Waals surface area contributed by atoms with E-state index in [9.17, 15) is 9.59 Å². The number of amides is 2. The van der Waals surface area contributed by atoms with Crippen molar-refractivity contribution in [2.75, 3.05) is 30.9 Å². The molecule has 0 radical (unpaired) electrons. The summed E-state index contributed by atoms with van der Waals surface area (Å²) in [5.74, 6) is 0.00376. The SMILES string of the molecule is CNC(=O)c1c(NC(=O)c2nc(C3CC3)cnc2Nc2cncnc2)cnn1CC1CCOC1. The number of nitrogens with one attached hydrogen (secondary N) is 3. The number of hydrogen-bond acceptors (Lipinski definition) is 9. The van der Waals surface area contributed by atoms with Gasteiger partial charge >= 0.3 is 0 Å². The highest BCUT2D eigenvalue weighted by Crippen LogP contribution is 2.39.